The van der Waals surface area contributed by atoms with E-state index in [-0.39, 0.29) is 6.04 Å². The van der Waals surface area contributed by atoms with Crippen molar-refractivity contribution in [2.45, 2.75) is 25.8 Å². The molecule has 3 rings (SSSR count). The molecule has 0 heterocycles. The fourth-order valence-electron chi connectivity index (χ4n) is 2.92. The van der Waals surface area contributed by atoms with Gasteiger partial charge in [-0.15, -0.1) is 0 Å². The number of carboxylic acid groups (broad SMARTS) is 1. The van der Waals surface area contributed by atoms with E-state index in [9.17, 15) is 14.7 Å². The summed E-state index contributed by atoms with van der Waals surface area (Å²) in [5.74, 6) is -0.640. The highest BCUT2D eigenvalue weighted by molar-refractivity contribution is 6.04. The van der Waals surface area contributed by atoms with Crippen LogP contribution in [-0.4, -0.2) is 24.1 Å². The molecule has 2 N–H and O–H groups in total. The number of rotatable bonds is 6. The summed E-state index contributed by atoms with van der Waals surface area (Å²) in [6, 6.07) is 15.3. The minimum Gasteiger partial charge on any atom is -0.496 e. The summed E-state index contributed by atoms with van der Waals surface area (Å²) >= 11 is 0. The summed E-state index contributed by atoms with van der Waals surface area (Å²) in [6.07, 6.45) is 0.821. The van der Waals surface area contributed by atoms with Crippen molar-refractivity contribution in [3.63, 3.8) is 0 Å². The topological polar surface area (TPSA) is 75.6 Å². The van der Waals surface area contributed by atoms with Crippen LogP contribution in [0.1, 0.15) is 31.4 Å². The lowest BCUT2D eigenvalue weighted by atomic mass is 10.00. The van der Waals surface area contributed by atoms with Gasteiger partial charge in [0.15, 0.2) is 0 Å². The van der Waals surface area contributed by atoms with E-state index in [1.54, 1.807) is 7.11 Å². The Bertz CT molecular complexity index is 794. The summed E-state index contributed by atoms with van der Waals surface area (Å²) in [4.78, 5) is 23.4. The Morgan fingerprint density at radius 2 is 1.76 bits per heavy atom. The summed E-state index contributed by atoms with van der Waals surface area (Å²) in [5, 5.41) is 12.0. The van der Waals surface area contributed by atoms with E-state index in [1.165, 1.54) is 0 Å². The molecule has 1 amide bonds. The first-order chi connectivity index (χ1) is 12.0. The number of aliphatic carboxylic acids is 1. The smallest absolute Gasteiger partial charge is 0.319 e. The maximum absolute atomic E-state index is 12.2. The summed E-state index contributed by atoms with van der Waals surface area (Å²) in [7, 11) is 1.64. The first-order valence-corrected chi connectivity index (χ1v) is 8.25. The average Bonchev–Trinajstić information content (AvgIpc) is 3.44. The zero-order chi connectivity index (χ0) is 18.0. The second-order valence-corrected chi connectivity index (χ2v) is 6.40. The number of para-hydroxylation sites is 1. The van der Waals surface area contributed by atoms with Gasteiger partial charge in [-0.25, -0.2) is 0 Å². The molecule has 1 fully saturated rings. The number of benzene rings is 2. The highest BCUT2D eigenvalue weighted by atomic mass is 16.5. The minimum absolute atomic E-state index is 0.254. The van der Waals surface area contributed by atoms with Crippen molar-refractivity contribution in [3.8, 4) is 16.9 Å². The molecule has 2 aromatic rings. The molecule has 0 aromatic heterocycles. The molecular formula is C20H21NO4. The van der Waals surface area contributed by atoms with Gasteiger partial charge in [0, 0.05) is 5.56 Å². The van der Waals surface area contributed by atoms with Gasteiger partial charge < -0.3 is 15.2 Å². The molecule has 25 heavy (non-hydrogen) atoms. The zero-order valence-corrected chi connectivity index (χ0v) is 14.3. The van der Waals surface area contributed by atoms with E-state index >= 15 is 0 Å². The van der Waals surface area contributed by atoms with E-state index in [2.05, 4.69) is 5.32 Å². The number of carboxylic acids is 1. The van der Waals surface area contributed by atoms with Gasteiger partial charge in [0.2, 0.25) is 5.91 Å². The maximum Gasteiger partial charge on any atom is 0.319 e. The van der Waals surface area contributed by atoms with Crippen molar-refractivity contribution < 1.29 is 19.4 Å². The molecule has 0 bridgehead atoms. The first kappa shape index (κ1) is 17.0. The molecule has 0 saturated heterocycles. The Labute approximate surface area is 146 Å². The molecule has 1 aliphatic rings. The average molecular weight is 339 g/mol. The normalized spacial score (nSPS) is 15.9. The second-order valence-electron chi connectivity index (χ2n) is 6.40. The van der Waals surface area contributed by atoms with Gasteiger partial charge in [-0.05, 0) is 37.0 Å². The van der Waals surface area contributed by atoms with E-state index < -0.39 is 17.3 Å². The van der Waals surface area contributed by atoms with Gasteiger partial charge in [-0.3, -0.25) is 9.59 Å². The molecule has 1 unspecified atom stereocenters. The number of hydrogen-bond donors (Lipinski definition) is 2. The number of hydrogen-bond acceptors (Lipinski definition) is 3. The Morgan fingerprint density at radius 1 is 1.12 bits per heavy atom. The lowest BCUT2D eigenvalue weighted by Gasteiger charge is -2.18. The van der Waals surface area contributed by atoms with Crippen molar-refractivity contribution in [1.82, 2.24) is 5.32 Å². The van der Waals surface area contributed by atoms with Crippen LogP contribution in [0.3, 0.4) is 0 Å². The number of nitrogens with one attached hydrogen (secondary N) is 1. The molecule has 130 valence electrons. The van der Waals surface area contributed by atoms with Crippen LogP contribution in [0, 0.1) is 5.41 Å². The molecule has 1 saturated carbocycles. The second kappa shape index (κ2) is 6.59. The summed E-state index contributed by atoms with van der Waals surface area (Å²) in [5.41, 5.74) is 1.72. The number of amides is 1. The molecule has 0 spiro atoms. The molecule has 5 nitrogen and oxygen atoms in total. The molecule has 1 aliphatic carbocycles. The third-order valence-electron chi connectivity index (χ3n) is 4.77. The Morgan fingerprint density at radius 3 is 2.32 bits per heavy atom. The zero-order valence-electron chi connectivity index (χ0n) is 14.3. The molecular weight excluding hydrogens is 318 g/mol. The monoisotopic (exact) mass is 339 g/mol. The number of carbonyl (C=O) groups excluding carboxylic acids is 1. The lowest BCUT2D eigenvalue weighted by Crippen LogP contribution is -2.38. The van der Waals surface area contributed by atoms with Gasteiger partial charge in [0.05, 0.1) is 13.2 Å². The van der Waals surface area contributed by atoms with E-state index in [0.29, 0.717) is 12.8 Å². The largest absolute Gasteiger partial charge is 0.496 e. The van der Waals surface area contributed by atoms with Gasteiger partial charge in [0.1, 0.15) is 11.2 Å². The van der Waals surface area contributed by atoms with Crippen LogP contribution in [0.5, 0.6) is 5.75 Å². The summed E-state index contributed by atoms with van der Waals surface area (Å²) in [6.45, 7) is 1.86. The van der Waals surface area contributed by atoms with E-state index in [0.717, 1.165) is 22.4 Å². The van der Waals surface area contributed by atoms with Crippen molar-refractivity contribution >= 4 is 11.9 Å². The van der Waals surface area contributed by atoms with E-state index in [1.807, 2.05) is 55.5 Å². The van der Waals surface area contributed by atoms with Crippen molar-refractivity contribution in [2.24, 2.45) is 5.41 Å². The quantitative estimate of drug-likeness (QED) is 0.791. The lowest BCUT2D eigenvalue weighted by molar-refractivity contribution is -0.149. The number of carbonyl (C=O) groups is 2. The third kappa shape index (κ3) is 3.22. The Kier molecular flexibility index (Phi) is 4.49. The molecule has 1 atom stereocenters. The summed E-state index contributed by atoms with van der Waals surface area (Å²) < 4.78 is 5.38. The van der Waals surface area contributed by atoms with E-state index in [4.69, 9.17) is 4.74 Å². The van der Waals surface area contributed by atoms with Gasteiger partial charge >= 0.3 is 5.97 Å². The fraction of sp³-hybridized carbons (Fsp3) is 0.300. The van der Waals surface area contributed by atoms with Crippen LogP contribution in [0.15, 0.2) is 48.5 Å². The van der Waals surface area contributed by atoms with Crippen LogP contribution < -0.4 is 10.1 Å². The Balaban J connectivity index is 1.74. The van der Waals surface area contributed by atoms with Crippen LogP contribution in [0.4, 0.5) is 0 Å². The molecule has 2 aromatic carbocycles. The van der Waals surface area contributed by atoms with Crippen LogP contribution >= 0.6 is 0 Å². The Hall–Kier alpha value is -2.82. The van der Waals surface area contributed by atoms with Crippen LogP contribution in [0.25, 0.3) is 11.1 Å². The highest BCUT2D eigenvalue weighted by Gasteiger charge is 2.57. The predicted octanol–water partition coefficient (Wildman–Crippen LogP) is 3.40. The molecule has 5 heteroatoms. The molecule has 0 aliphatic heterocycles. The number of methoxy groups -OCH3 is 1. The predicted molar refractivity (Wildman–Crippen MR) is 94.3 cm³/mol. The fourth-order valence-corrected chi connectivity index (χ4v) is 2.92. The van der Waals surface area contributed by atoms with Crippen molar-refractivity contribution in [2.75, 3.05) is 7.11 Å². The number of ether oxygens (including phenoxy) is 1. The third-order valence-corrected chi connectivity index (χ3v) is 4.77. The minimum atomic E-state index is -1.22. The first-order valence-electron chi connectivity index (χ1n) is 8.25. The van der Waals surface area contributed by atoms with Crippen molar-refractivity contribution in [3.05, 3.63) is 54.1 Å². The van der Waals surface area contributed by atoms with Gasteiger partial charge in [-0.2, -0.15) is 0 Å². The van der Waals surface area contributed by atoms with Gasteiger partial charge in [0.25, 0.3) is 0 Å². The molecule has 0 radical (unpaired) electrons. The van der Waals surface area contributed by atoms with Crippen LogP contribution in [-0.2, 0) is 9.59 Å². The SMILES string of the molecule is COc1ccccc1-c1ccc(C(C)NC(=O)C2(C(=O)O)CC2)cc1. The van der Waals surface area contributed by atoms with Crippen molar-refractivity contribution in [1.29, 1.82) is 0 Å². The van der Waals surface area contributed by atoms with Gasteiger partial charge in [-0.1, -0.05) is 42.5 Å². The maximum atomic E-state index is 12.2. The highest BCUT2D eigenvalue weighted by Crippen LogP contribution is 2.46. The van der Waals surface area contributed by atoms with Crippen LogP contribution in [0.2, 0.25) is 0 Å². The standard InChI is InChI=1S/C20H21NO4/c1-13(21-18(22)20(11-12-20)19(23)24)14-7-9-15(10-8-14)16-5-3-4-6-17(16)25-2/h3-10,13H,11-12H2,1-2H3,(H,21,22)(H,23,24).